The van der Waals surface area contributed by atoms with Gasteiger partial charge in [0.15, 0.2) is 0 Å². The molecule has 9 heteroatoms. The molecule has 1 N–H and O–H groups in total. The number of anilines is 1. The Morgan fingerprint density at radius 3 is 2.19 bits per heavy atom. The zero-order valence-corrected chi connectivity index (χ0v) is 23.0. The van der Waals surface area contributed by atoms with E-state index in [9.17, 15) is 18.0 Å². The second kappa shape index (κ2) is 12.3. The van der Waals surface area contributed by atoms with Crippen LogP contribution in [0, 0.1) is 13.8 Å². The third kappa shape index (κ3) is 6.70. The smallest absolute Gasteiger partial charge is 0.264 e. The van der Waals surface area contributed by atoms with Crippen LogP contribution in [0.4, 0.5) is 5.69 Å². The van der Waals surface area contributed by atoms with Crippen LogP contribution in [0.2, 0.25) is 5.02 Å². The van der Waals surface area contributed by atoms with Crippen molar-refractivity contribution in [2.75, 3.05) is 17.9 Å². The maximum absolute atomic E-state index is 13.8. The maximum Gasteiger partial charge on any atom is 0.264 e. The molecule has 0 unspecified atom stereocenters. The van der Waals surface area contributed by atoms with Gasteiger partial charge in [0, 0.05) is 18.6 Å². The molecule has 0 aromatic heterocycles. The highest BCUT2D eigenvalue weighted by Crippen LogP contribution is 2.29. The molecular weight excluding hydrogens is 510 g/mol. The number of likely N-dealkylation sites (N-methyl/N-ethyl adjacent to an activating group) is 1. The fourth-order valence-electron chi connectivity index (χ4n) is 3.97. The summed E-state index contributed by atoms with van der Waals surface area (Å²) in [5.41, 5.74) is 2.77. The lowest BCUT2D eigenvalue weighted by Crippen LogP contribution is -2.51. The van der Waals surface area contributed by atoms with Gasteiger partial charge in [0.05, 0.1) is 10.6 Å². The summed E-state index contributed by atoms with van der Waals surface area (Å²) in [6.45, 7) is 5.13. The van der Waals surface area contributed by atoms with Crippen LogP contribution in [0.3, 0.4) is 0 Å². The molecule has 0 aliphatic heterocycles. The summed E-state index contributed by atoms with van der Waals surface area (Å²) >= 11 is 6.34. The van der Waals surface area contributed by atoms with Gasteiger partial charge in [-0.25, -0.2) is 8.42 Å². The number of rotatable bonds is 10. The number of nitrogens with zero attached hydrogens (tertiary/aromatic N) is 2. The number of hydrogen-bond donors (Lipinski definition) is 1. The van der Waals surface area contributed by atoms with Crippen LogP contribution in [0.5, 0.6) is 0 Å². The third-order valence-corrected chi connectivity index (χ3v) is 8.35. The predicted octanol–water partition coefficient (Wildman–Crippen LogP) is 4.71. The Morgan fingerprint density at radius 1 is 0.973 bits per heavy atom. The number of hydrogen-bond acceptors (Lipinski definition) is 4. The van der Waals surface area contributed by atoms with E-state index in [1.54, 1.807) is 24.3 Å². The average Bonchev–Trinajstić information content (AvgIpc) is 2.89. The summed E-state index contributed by atoms with van der Waals surface area (Å²) < 4.78 is 28.7. The number of benzene rings is 3. The van der Waals surface area contributed by atoms with Gasteiger partial charge in [-0.05, 0) is 55.7 Å². The number of aryl methyl sites for hydroxylation is 2. The Balaban J connectivity index is 2.07. The quantitative estimate of drug-likeness (QED) is 0.403. The van der Waals surface area contributed by atoms with Crippen molar-refractivity contribution in [3.05, 3.63) is 94.5 Å². The van der Waals surface area contributed by atoms with E-state index in [1.807, 2.05) is 51.1 Å². The first-order chi connectivity index (χ1) is 17.6. The second-order valence-electron chi connectivity index (χ2n) is 8.80. The van der Waals surface area contributed by atoms with E-state index >= 15 is 0 Å². The van der Waals surface area contributed by atoms with E-state index in [0.717, 1.165) is 21.0 Å². The first kappa shape index (κ1) is 28.2. The molecular formula is C28H32ClN3O4S. The Hall–Kier alpha value is -3.36. The average molecular weight is 542 g/mol. The Kier molecular flexibility index (Phi) is 9.34. The molecule has 3 rings (SSSR count). The molecule has 2 amide bonds. The highest BCUT2D eigenvalue weighted by Gasteiger charge is 2.33. The molecule has 7 nitrogen and oxygen atoms in total. The SMILES string of the molecule is CC[C@H](C(=O)NC)N(Cc1ccccc1)C(=O)CN(c1ccc(C)c(Cl)c1)S(=O)(=O)c1ccc(C)cc1. The monoisotopic (exact) mass is 541 g/mol. The van der Waals surface area contributed by atoms with E-state index in [2.05, 4.69) is 5.32 Å². The van der Waals surface area contributed by atoms with Crippen molar-refractivity contribution in [3.63, 3.8) is 0 Å². The zero-order valence-electron chi connectivity index (χ0n) is 21.4. The van der Waals surface area contributed by atoms with Crippen molar-refractivity contribution < 1.29 is 18.0 Å². The number of carbonyl (C=O) groups is 2. The van der Waals surface area contributed by atoms with E-state index < -0.39 is 28.5 Å². The van der Waals surface area contributed by atoms with E-state index in [0.29, 0.717) is 11.4 Å². The third-order valence-electron chi connectivity index (χ3n) is 6.16. The fourth-order valence-corrected chi connectivity index (χ4v) is 5.55. The minimum Gasteiger partial charge on any atom is -0.357 e. The van der Waals surface area contributed by atoms with Gasteiger partial charge in [-0.15, -0.1) is 0 Å². The highest BCUT2D eigenvalue weighted by molar-refractivity contribution is 7.92. The number of sulfonamides is 1. The molecule has 0 saturated heterocycles. The van der Waals surface area contributed by atoms with Crippen molar-refractivity contribution in [3.8, 4) is 0 Å². The van der Waals surface area contributed by atoms with Gasteiger partial charge in [-0.3, -0.25) is 13.9 Å². The largest absolute Gasteiger partial charge is 0.357 e. The van der Waals surface area contributed by atoms with Crippen LogP contribution in [0.1, 0.15) is 30.0 Å². The lowest BCUT2D eigenvalue weighted by atomic mass is 10.1. The topological polar surface area (TPSA) is 86.8 Å². The molecule has 37 heavy (non-hydrogen) atoms. The summed E-state index contributed by atoms with van der Waals surface area (Å²) in [4.78, 5) is 28.0. The van der Waals surface area contributed by atoms with E-state index in [-0.39, 0.29) is 23.0 Å². The lowest BCUT2D eigenvalue weighted by Gasteiger charge is -2.33. The van der Waals surface area contributed by atoms with Gasteiger partial charge in [0.2, 0.25) is 11.8 Å². The molecule has 0 bridgehead atoms. The van der Waals surface area contributed by atoms with Crippen molar-refractivity contribution in [2.45, 2.75) is 44.7 Å². The van der Waals surface area contributed by atoms with Gasteiger partial charge in [-0.1, -0.05) is 72.6 Å². The molecule has 0 spiro atoms. The second-order valence-corrected chi connectivity index (χ2v) is 11.1. The van der Waals surface area contributed by atoms with E-state index in [1.165, 1.54) is 30.1 Å². The standard InChI is InChI=1S/C28H32ClN3O4S/c1-5-26(28(34)30-4)31(18-22-9-7-6-8-10-22)27(33)19-32(23-14-13-21(3)25(29)17-23)37(35,36)24-15-11-20(2)12-16-24/h6-17,26H,5,18-19H2,1-4H3,(H,30,34)/t26-/m1/s1. The summed E-state index contributed by atoms with van der Waals surface area (Å²) in [6.07, 6.45) is 0.360. The molecule has 1 atom stereocenters. The fraction of sp³-hybridized carbons (Fsp3) is 0.286. The van der Waals surface area contributed by atoms with Crippen LogP contribution in [0.25, 0.3) is 0 Å². The minimum absolute atomic E-state index is 0.0514. The highest BCUT2D eigenvalue weighted by atomic mass is 35.5. The van der Waals surface area contributed by atoms with Crippen LogP contribution >= 0.6 is 11.6 Å². The Morgan fingerprint density at radius 2 is 1.62 bits per heavy atom. The Bertz CT molecular complexity index is 1350. The van der Waals surface area contributed by atoms with E-state index in [4.69, 9.17) is 11.6 Å². The molecule has 0 heterocycles. The molecule has 3 aromatic rings. The van der Waals surface area contributed by atoms with Gasteiger partial charge in [0.25, 0.3) is 10.0 Å². The molecule has 0 fully saturated rings. The van der Waals surface area contributed by atoms with Crippen molar-refractivity contribution in [2.24, 2.45) is 0 Å². The first-order valence-electron chi connectivity index (χ1n) is 12.0. The molecule has 0 radical (unpaired) electrons. The lowest BCUT2D eigenvalue weighted by molar-refractivity contribution is -0.140. The van der Waals surface area contributed by atoms with Crippen LogP contribution in [-0.2, 0) is 26.2 Å². The number of amides is 2. The van der Waals surface area contributed by atoms with Crippen molar-refractivity contribution in [1.82, 2.24) is 10.2 Å². The summed E-state index contributed by atoms with van der Waals surface area (Å²) in [5, 5.41) is 3.00. The van der Waals surface area contributed by atoms with Crippen LogP contribution in [0.15, 0.2) is 77.7 Å². The van der Waals surface area contributed by atoms with Crippen LogP contribution in [-0.4, -0.2) is 44.8 Å². The van der Waals surface area contributed by atoms with Crippen LogP contribution < -0.4 is 9.62 Å². The van der Waals surface area contributed by atoms with Gasteiger partial charge in [-0.2, -0.15) is 0 Å². The molecule has 0 aliphatic carbocycles. The van der Waals surface area contributed by atoms with Gasteiger partial charge >= 0.3 is 0 Å². The van der Waals surface area contributed by atoms with Gasteiger partial charge in [0.1, 0.15) is 12.6 Å². The first-order valence-corrected chi connectivity index (χ1v) is 13.8. The Labute approximate surface area is 224 Å². The number of carbonyl (C=O) groups excluding carboxylic acids is 2. The summed E-state index contributed by atoms with van der Waals surface area (Å²) in [6, 6.07) is 19.8. The molecule has 0 aliphatic rings. The molecule has 3 aromatic carbocycles. The number of nitrogens with one attached hydrogen (secondary N) is 1. The summed E-state index contributed by atoms with van der Waals surface area (Å²) in [7, 11) is -2.62. The van der Waals surface area contributed by atoms with Crippen molar-refractivity contribution in [1.29, 1.82) is 0 Å². The predicted molar refractivity (Wildman–Crippen MR) is 147 cm³/mol. The molecule has 0 saturated carbocycles. The molecule has 196 valence electrons. The minimum atomic E-state index is -4.13. The summed E-state index contributed by atoms with van der Waals surface area (Å²) in [5.74, 6) is -0.829. The maximum atomic E-state index is 13.8. The zero-order chi connectivity index (χ0) is 27.2. The van der Waals surface area contributed by atoms with Crippen molar-refractivity contribution >= 4 is 39.1 Å². The normalized spacial score (nSPS) is 12.0. The number of halogens is 1. The van der Waals surface area contributed by atoms with Gasteiger partial charge < -0.3 is 10.2 Å².